The molecule has 1 aromatic carbocycles. The summed E-state index contributed by atoms with van der Waals surface area (Å²) in [5, 5.41) is 4.41. The van der Waals surface area contributed by atoms with E-state index in [-0.39, 0.29) is 0 Å². The first-order valence-corrected chi connectivity index (χ1v) is 8.82. The van der Waals surface area contributed by atoms with Crippen molar-refractivity contribution in [2.45, 2.75) is 39.0 Å². The average molecular weight is 323 g/mol. The van der Waals surface area contributed by atoms with Gasteiger partial charge in [-0.05, 0) is 50.3 Å². The summed E-state index contributed by atoms with van der Waals surface area (Å²) in [6.45, 7) is 6.32. The summed E-state index contributed by atoms with van der Waals surface area (Å²) in [5.41, 5.74) is 4.36. The zero-order valence-electron chi connectivity index (χ0n) is 12.7. The van der Waals surface area contributed by atoms with Crippen molar-refractivity contribution in [3.05, 3.63) is 50.9 Å². The molecule has 1 N–H and O–H groups in total. The van der Waals surface area contributed by atoms with E-state index in [2.05, 4.69) is 36.3 Å². The number of halogens is 1. The molecule has 1 atom stereocenters. The molecule has 0 aliphatic rings. The first kappa shape index (κ1) is 16.5. The Balaban J connectivity index is 2.05. The highest BCUT2D eigenvalue weighted by Gasteiger charge is 2.15. The van der Waals surface area contributed by atoms with Crippen LogP contribution in [0, 0.1) is 6.92 Å². The highest BCUT2D eigenvalue weighted by molar-refractivity contribution is 7.09. The predicted molar refractivity (Wildman–Crippen MR) is 92.5 cm³/mol. The molecule has 21 heavy (non-hydrogen) atoms. The molecule has 0 amide bonds. The summed E-state index contributed by atoms with van der Waals surface area (Å²) >= 11 is 8.14. The van der Waals surface area contributed by atoms with Gasteiger partial charge in [-0.3, -0.25) is 0 Å². The maximum absolute atomic E-state index is 6.39. The van der Waals surface area contributed by atoms with Gasteiger partial charge < -0.3 is 5.32 Å². The Kier molecular flexibility index (Phi) is 6.68. The second-order valence-corrected chi connectivity index (χ2v) is 6.67. The largest absolute Gasteiger partial charge is 0.316 e. The Bertz CT molecular complexity index is 553. The highest BCUT2D eigenvalue weighted by Crippen LogP contribution is 2.29. The number of hydrogen-bond acceptors (Lipinski definition) is 3. The number of aromatic nitrogens is 1. The minimum absolute atomic E-state index is 0.451. The Morgan fingerprint density at radius 3 is 2.81 bits per heavy atom. The molecule has 4 heteroatoms. The van der Waals surface area contributed by atoms with Crippen molar-refractivity contribution in [1.82, 2.24) is 10.3 Å². The SMILES string of the molecule is CCCNCC(CCc1scnc1C)c1ccccc1Cl. The van der Waals surface area contributed by atoms with Crippen LogP contribution in [0.15, 0.2) is 29.8 Å². The van der Waals surface area contributed by atoms with Crippen molar-refractivity contribution in [3.8, 4) is 0 Å². The lowest BCUT2D eigenvalue weighted by atomic mass is 9.93. The predicted octanol–water partition coefficient (Wildman–Crippen LogP) is 4.82. The van der Waals surface area contributed by atoms with Gasteiger partial charge in [-0.2, -0.15) is 0 Å². The zero-order chi connectivity index (χ0) is 15.1. The number of aryl methyl sites for hydroxylation is 2. The van der Waals surface area contributed by atoms with Crippen LogP contribution in [0.5, 0.6) is 0 Å². The third-order valence-electron chi connectivity index (χ3n) is 3.73. The van der Waals surface area contributed by atoms with E-state index in [1.54, 1.807) is 11.3 Å². The van der Waals surface area contributed by atoms with Gasteiger partial charge in [-0.15, -0.1) is 11.3 Å². The van der Waals surface area contributed by atoms with E-state index in [0.717, 1.165) is 37.4 Å². The maximum atomic E-state index is 6.39. The second-order valence-electron chi connectivity index (χ2n) is 5.32. The number of nitrogens with zero attached hydrogens (tertiary/aromatic N) is 1. The monoisotopic (exact) mass is 322 g/mol. The number of benzene rings is 1. The lowest BCUT2D eigenvalue weighted by molar-refractivity contribution is 0.549. The molecule has 0 saturated heterocycles. The van der Waals surface area contributed by atoms with Gasteiger partial charge in [0.1, 0.15) is 0 Å². The van der Waals surface area contributed by atoms with Crippen LogP contribution in [-0.4, -0.2) is 18.1 Å². The van der Waals surface area contributed by atoms with Crippen molar-refractivity contribution in [1.29, 1.82) is 0 Å². The van der Waals surface area contributed by atoms with Gasteiger partial charge >= 0.3 is 0 Å². The van der Waals surface area contributed by atoms with E-state index in [4.69, 9.17) is 11.6 Å². The molecule has 2 nitrogen and oxygen atoms in total. The molecule has 0 saturated carbocycles. The Hall–Kier alpha value is -0.900. The summed E-state index contributed by atoms with van der Waals surface area (Å²) in [6, 6.07) is 8.21. The number of rotatable bonds is 8. The maximum Gasteiger partial charge on any atom is 0.0797 e. The molecule has 0 radical (unpaired) electrons. The van der Waals surface area contributed by atoms with Gasteiger partial charge in [-0.1, -0.05) is 36.7 Å². The van der Waals surface area contributed by atoms with Gasteiger partial charge in [0.2, 0.25) is 0 Å². The summed E-state index contributed by atoms with van der Waals surface area (Å²) in [6.07, 6.45) is 3.33. The van der Waals surface area contributed by atoms with E-state index in [1.165, 1.54) is 16.1 Å². The smallest absolute Gasteiger partial charge is 0.0797 e. The Morgan fingerprint density at radius 1 is 1.33 bits per heavy atom. The van der Waals surface area contributed by atoms with Crippen molar-refractivity contribution in [3.63, 3.8) is 0 Å². The van der Waals surface area contributed by atoms with E-state index < -0.39 is 0 Å². The van der Waals surface area contributed by atoms with Crippen molar-refractivity contribution in [2.24, 2.45) is 0 Å². The molecule has 0 spiro atoms. The molecule has 0 aliphatic heterocycles. The Morgan fingerprint density at radius 2 is 2.14 bits per heavy atom. The van der Waals surface area contributed by atoms with Crippen LogP contribution in [0.25, 0.3) is 0 Å². The van der Waals surface area contributed by atoms with E-state index in [0.29, 0.717) is 5.92 Å². The fourth-order valence-corrected chi connectivity index (χ4v) is 3.59. The first-order chi connectivity index (χ1) is 10.2. The van der Waals surface area contributed by atoms with Gasteiger partial charge in [-0.25, -0.2) is 4.98 Å². The van der Waals surface area contributed by atoms with Crippen LogP contribution >= 0.6 is 22.9 Å². The summed E-state index contributed by atoms with van der Waals surface area (Å²) in [4.78, 5) is 5.73. The topological polar surface area (TPSA) is 24.9 Å². The molecular weight excluding hydrogens is 300 g/mol. The quantitative estimate of drug-likeness (QED) is 0.705. The molecule has 1 unspecified atom stereocenters. The normalized spacial score (nSPS) is 12.5. The Labute approximate surface area is 136 Å². The number of thiazole rings is 1. The lowest BCUT2D eigenvalue weighted by Crippen LogP contribution is -2.23. The summed E-state index contributed by atoms with van der Waals surface area (Å²) < 4.78 is 0. The molecule has 0 bridgehead atoms. The zero-order valence-corrected chi connectivity index (χ0v) is 14.3. The molecule has 2 rings (SSSR count). The average Bonchev–Trinajstić information content (AvgIpc) is 2.89. The van der Waals surface area contributed by atoms with Gasteiger partial charge in [0.15, 0.2) is 0 Å². The van der Waals surface area contributed by atoms with Crippen molar-refractivity contribution >= 4 is 22.9 Å². The van der Waals surface area contributed by atoms with Crippen LogP contribution in [-0.2, 0) is 6.42 Å². The molecule has 0 fully saturated rings. The van der Waals surface area contributed by atoms with Gasteiger partial charge in [0.05, 0.1) is 11.2 Å². The standard InChI is InChI=1S/C17H23ClN2S/c1-3-10-19-11-14(15-6-4-5-7-16(15)18)8-9-17-13(2)20-12-21-17/h4-7,12,14,19H,3,8-11H2,1-2H3. The van der Waals surface area contributed by atoms with Crippen molar-refractivity contribution < 1.29 is 0 Å². The fraction of sp³-hybridized carbons (Fsp3) is 0.471. The first-order valence-electron chi connectivity index (χ1n) is 7.56. The minimum atomic E-state index is 0.451. The summed E-state index contributed by atoms with van der Waals surface area (Å²) in [5.74, 6) is 0.451. The number of hydrogen-bond donors (Lipinski definition) is 1. The third-order valence-corrected chi connectivity index (χ3v) is 5.07. The molecular formula is C17H23ClN2S. The van der Waals surface area contributed by atoms with Crippen LogP contribution in [0.2, 0.25) is 5.02 Å². The lowest BCUT2D eigenvalue weighted by Gasteiger charge is -2.19. The van der Waals surface area contributed by atoms with Crippen LogP contribution in [0.1, 0.15) is 41.8 Å². The molecule has 114 valence electrons. The minimum Gasteiger partial charge on any atom is -0.316 e. The van der Waals surface area contributed by atoms with E-state index >= 15 is 0 Å². The van der Waals surface area contributed by atoms with Crippen LogP contribution in [0.4, 0.5) is 0 Å². The van der Waals surface area contributed by atoms with Crippen LogP contribution < -0.4 is 5.32 Å². The van der Waals surface area contributed by atoms with E-state index in [1.807, 2.05) is 17.6 Å². The molecule has 1 heterocycles. The second kappa shape index (κ2) is 8.52. The van der Waals surface area contributed by atoms with Gasteiger partial charge in [0.25, 0.3) is 0 Å². The molecule has 1 aromatic heterocycles. The third kappa shape index (κ3) is 4.80. The molecule has 0 aliphatic carbocycles. The fourth-order valence-electron chi connectivity index (χ4n) is 2.50. The highest BCUT2D eigenvalue weighted by atomic mass is 35.5. The van der Waals surface area contributed by atoms with Crippen molar-refractivity contribution in [2.75, 3.05) is 13.1 Å². The van der Waals surface area contributed by atoms with Crippen LogP contribution in [0.3, 0.4) is 0 Å². The van der Waals surface area contributed by atoms with E-state index in [9.17, 15) is 0 Å². The number of nitrogens with one attached hydrogen (secondary N) is 1. The molecule has 2 aromatic rings. The summed E-state index contributed by atoms with van der Waals surface area (Å²) in [7, 11) is 0. The van der Waals surface area contributed by atoms with Gasteiger partial charge in [0, 0.05) is 16.4 Å².